The van der Waals surface area contributed by atoms with Gasteiger partial charge in [0.25, 0.3) is 0 Å². The lowest BCUT2D eigenvalue weighted by Crippen LogP contribution is -2.37. The third-order valence-corrected chi connectivity index (χ3v) is 3.62. The van der Waals surface area contributed by atoms with E-state index < -0.39 is 5.60 Å². The van der Waals surface area contributed by atoms with Gasteiger partial charge in [-0.25, -0.2) is 9.78 Å². The predicted octanol–water partition coefficient (Wildman–Crippen LogP) is 3.57. The lowest BCUT2D eigenvalue weighted by molar-refractivity contribution is 0.0242. The van der Waals surface area contributed by atoms with Crippen molar-refractivity contribution in [3.63, 3.8) is 0 Å². The molecule has 1 fully saturated rings. The van der Waals surface area contributed by atoms with Gasteiger partial charge in [-0.05, 0) is 44.4 Å². The maximum Gasteiger partial charge on any atom is 0.410 e. The van der Waals surface area contributed by atoms with Crippen LogP contribution < -0.4 is 4.90 Å². The molecule has 2 aliphatic rings. The predicted molar refractivity (Wildman–Crippen MR) is 87.9 cm³/mol. The first kappa shape index (κ1) is 16.6. The van der Waals surface area contributed by atoms with E-state index in [2.05, 4.69) is 16.0 Å². The standard InChI is InChI=1S/C15H21N3O2.C2H6/c1-15(2,3)20-14(19)18-9-11-7-13(17-5-4-6-17)16-8-12(11)10-18;1-2/h7-8H,4-6,9-10H2,1-3H3;1-2H3. The first-order chi connectivity index (χ1) is 10.4. The van der Waals surface area contributed by atoms with E-state index in [1.54, 1.807) is 4.90 Å². The second-order valence-corrected chi connectivity index (χ2v) is 6.49. The largest absolute Gasteiger partial charge is 0.444 e. The summed E-state index contributed by atoms with van der Waals surface area (Å²) in [4.78, 5) is 20.6. The molecule has 1 aromatic heterocycles. The quantitative estimate of drug-likeness (QED) is 0.795. The van der Waals surface area contributed by atoms with Gasteiger partial charge < -0.3 is 9.64 Å². The van der Waals surface area contributed by atoms with Gasteiger partial charge >= 0.3 is 6.09 Å². The Morgan fingerprint density at radius 2 is 1.82 bits per heavy atom. The van der Waals surface area contributed by atoms with Crippen LogP contribution in [0.15, 0.2) is 12.3 Å². The molecule has 0 unspecified atom stereocenters. The molecule has 0 spiro atoms. The topological polar surface area (TPSA) is 45.7 Å². The Bertz CT molecular complexity index is 533. The molecule has 1 aromatic rings. The van der Waals surface area contributed by atoms with Crippen molar-refractivity contribution >= 4 is 11.9 Å². The van der Waals surface area contributed by atoms with Crippen LogP contribution in [-0.2, 0) is 17.8 Å². The highest BCUT2D eigenvalue weighted by Crippen LogP contribution is 2.28. The number of carbonyl (C=O) groups is 1. The fourth-order valence-electron chi connectivity index (χ4n) is 2.44. The Morgan fingerprint density at radius 1 is 1.18 bits per heavy atom. The van der Waals surface area contributed by atoms with Crippen molar-refractivity contribution in [1.82, 2.24) is 9.88 Å². The van der Waals surface area contributed by atoms with E-state index >= 15 is 0 Å². The molecule has 3 rings (SSSR count). The number of aromatic nitrogens is 1. The molecule has 0 bridgehead atoms. The number of nitrogens with zero attached hydrogens (tertiary/aromatic N) is 3. The number of pyridine rings is 1. The van der Waals surface area contributed by atoms with Crippen molar-refractivity contribution in [2.45, 2.75) is 59.7 Å². The zero-order valence-electron chi connectivity index (χ0n) is 14.3. The average molecular weight is 305 g/mol. The molecule has 0 N–H and O–H groups in total. The number of amides is 1. The van der Waals surface area contributed by atoms with Gasteiger partial charge in [-0.1, -0.05) is 13.8 Å². The van der Waals surface area contributed by atoms with Gasteiger partial charge in [0.15, 0.2) is 0 Å². The van der Waals surface area contributed by atoms with E-state index in [0.29, 0.717) is 13.1 Å². The highest BCUT2D eigenvalue weighted by molar-refractivity contribution is 5.69. The average Bonchev–Trinajstić information content (AvgIpc) is 2.80. The van der Waals surface area contributed by atoms with Crippen LogP contribution in [0.1, 0.15) is 52.2 Å². The number of carbonyl (C=O) groups excluding carboxylic acids is 1. The van der Waals surface area contributed by atoms with Gasteiger partial charge in [-0.15, -0.1) is 0 Å². The van der Waals surface area contributed by atoms with Crippen LogP contribution in [0.25, 0.3) is 0 Å². The summed E-state index contributed by atoms with van der Waals surface area (Å²) in [7, 11) is 0. The van der Waals surface area contributed by atoms with E-state index in [1.807, 2.05) is 40.8 Å². The van der Waals surface area contributed by atoms with Crippen LogP contribution in [0.2, 0.25) is 0 Å². The van der Waals surface area contributed by atoms with Gasteiger partial charge in [0.1, 0.15) is 11.4 Å². The maximum absolute atomic E-state index is 12.1. The Hall–Kier alpha value is -1.78. The summed E-state index contributed by atoms with van der Waals surface area (Å²) < 4.78 is 5.42. The van der Waals surface area contributed by atoms with E-state index in [0.717, 1.165) is 24.5 Å². The lowest BCUT2D eigenvalue weighted by Gasteiger charge is -2.32. The third-order valence-electron chi connectivity index (χ3n) is 3.62. The molecule has 5 nitrogen and oxygen atoms in total. The number of rotatable bonds is 1. The monoisotopic (exact) mass is 305 g/mol. The fourth-order valence-corrected chi connectivity index (χ4v) is 2.44. The van der Waals surface area contributed by atoms with Crippen molar-refractivity contribution < 1.29 is 9.53 Å². The van der Waals surface area contributed by atoms with E-state index in [1.165, 1.54) is 12.0 Å². The van der Waals surface area contributed by atoms with Crippen LogP contribution >= 0.6 is 0 Å². The molecule has 0 atom stereocenters. The number of fused-ring (bicyclic) bond motifs is 1. The van der Waals surface area contributed by atoms with Gasteiger partial charge in [0.2, 0.25) is 0 Å². The molecule has 2 aliphatic heterocycles. The van der Waals surface area contributed by atoms with Gasteiger partial charge in [0, 0.05) is 25.8 Å². The van der Waals surface area contributed by atoms with Crippen molar-refractivity contribution in [3.05, 3.63) is 23.4 Å². The number of hydrogen-bond acceptors (Lipinski definition) is 4. The molecule has 1 saturated heterocycles. The van der Waals surface area contributed by atoms with Crippen LogP contribution in [-0.4, -0.2) is 34.7 Å². The first-order valence-electron chi connectivity index (χ1n) is 8.13. The molecule has 0 saturated carbocycles. The van der Waals surface area contributed by atoms with Crippen molar-refractivity contribution in [1.29, 1.82) is 0 Å². The highest BCUT2D eigenvalue weighted by atomic mass is 16.6. The minimum atomic E-state index is -0.451. The number of anilines is 1. The third kappa shape index (κ3) is 3.70. The molecular formula is C17H27N3O2. The molecule has 0 aliphatic carbocycles. The zero-order valence-corrected chi connectivity index (χ0v) is 14.3. The SMILES string of the molecule is CC.CC(C)(C)OC(=O)N1Cc2cnc(N3CCC3)cc2C1. The summed E-state index contributed by atoms with van der Waals surface area (Å²) in [5.74, 6) is 1.03. The summed E-state index contributed by atoms with van der Waals surface area (Å²) >= 11 is 0. The Morgan fingerprint density at radius 3 is 2.36 bits per heavy atom. The summed E-state index contributed by atoms with van der Waals surface area (Å²) in [5, 5.41) is 0. The van der Waals surface area contributed by atoms with Crippen LogP contribution in [0.3, 0.4) is 0 Å². The minimum absolute atomic E-state index is 0.251. The second-order valence-electron chi connectivity index (χ2n) is 6.49. The molecule has 5 heteroatoms. The molecule has 0 radical (unpaired) electrons. The molecule has 1 amide bonds. The summed E-state index contributed by atoms with van der Waals surface area (Å²) in [5.41, 5.74) is 1.86. The summed E-state index contributed by atoms with van der Waals surface area (Å²) in [6.07, 6.45) is 2.88. The van der Waals surface area contributed by atoms with E-state index in [4.69, 9.17) is 4.74 Å². The normalized spacial score (nSPS) is 16.4. The Kier molecular flexibility index (Phi) is 4.94. The zero-order chi connectivity index (χ0) is 16.3. The van der Waals surface area contributed by atoms with Gasteiger partial charge in [-0.2, -0.15) is 0 Å². The molecule has 22 heavy (non-hydrogen) atoms. The fraction of sp³-hybridized carbons (Fsp3) is 0.647. The summed E-state index contributed by atoms with van der Waals surface area (Å²) in [6, 6.07) is 2.11. The molecule has 3 heterocycles. The Labute approximate surface area is 133 Å². The van der Waals surface area contributed by atoms with Crippen molar-refractivity contribution in [2.75, 3.05) is 18.0 Å². The highest BCUT2D eigenvalue weighted by Gasteiger charge is 2.29. The van der Waals surface area contributed by atoms with Crippen LogP contribution in [0, 0.1) is 0 Å². The lowest BCUT2D eigenvalue weighted by atomic mass is 10.1. The Balaban J connectivity index is 0.000000847. The van der Waals surface area contributed by atoms with E-state index in [-0.39, 0.29) is 6.09 Å². The maximum atomic E-state index is 12.1. The second kappa shape index (κ2) is 6.55. The number of hydrogen-bond donors (Lipinski definition) is 0. The minimum Gasteiger partial charge on any atom is -0.444 e. The smallest absolute Gasteiger partial charge is 0.410 e. The first-order valence-corrected chi connectivity index (χ1v) is 8.13. The number of ether oxygens (including phenoxy) is 1. The molecular weight excluding hydrogens is 278 g/mol. The van der Waals surface area contributed by atoms with Gasteiger partial charge in [-0.3, -0.25) is 4.90 Å². The molecule has 0 aromatic carbocycles. The molecule has 122 valence electrons. The van der Waals surface area contributed by atoms with Crippen molar-refractivity contribution in [3.8, 4) is 0 Å². The van der Waals surface area contributed by atoms with Gasteiger partial charge in [0.05, 0.1) is 6.54 Å². The summed E-state index contributed by atoms with van der Waals surface area (Å²) in [6.45, 7) is 13.0. The van der Waals surface area contributed by atoms with Crippen LogP contribution in [0.5, 0.6) is 0 Å². The van der Waals surface area contributed by atoms with Crippen molar-refractivity contribution in [2.24, 2.45) is 0 Å². The van der Waals surface area contributed by atoms with Crippen LogP contribution in [0.4, 0.5) is 10.6 Å². The van der Waals surface area contributed by atoms with E-state index in [9.17, 15) is 4.79 Å².